The number of aromatic carboxylic acids is 1. The number of likely N-dealkylation sites (N-methyl/N-ethyl adjacent to an activating group) is 1. The highest BCUT2D eigenvalue weighted by Crippen LogP contribution is 2.38. The van der Waals surface area contributed by atoms with E-state index in [1.807, 2.05) is 18.2 Å². The van der Waals surface area contributed by atoms with Gasteiger partial charge in [0.05, 0.1) is 35.2 Å². The number of carboxylic acid groups (broad SMARTS) is 1. The summed E-state index contributed by atoms with van der Waals surface area (Å²) in [6.07, 6.45) is 6.73. The fraction of sp³-hybridized carbons (Fsp3) is 0.375. The Kier molecular flexibility index (Phi) is 9.43. The first-order valence-corrected chi connectivity index (χ1v) is 15.4. The second kappa shape index (κ2) is 13.1. The van der Waals surface area contributed by atoms with Crippen LogP contribution in [-0.2, 0) is 0 Å². The lowest BCUT2D eigenvalue weighted by atomic mass is 10.1. The summed E-state index contributed by atoms with van der Waals surface area (Å²) in [6, 6.07) is 10.1. The van der Waals surface area contributed by atoms with Crippen LogP contribution in [0.15, 0.2) is 58.5 Å². The number of carbonyl (C=O) groups is 1. The summed E-state index contributed by atoms with van der Waals surface area (Å²) >= 11 is 12.2. The normalized spacial score (nSPS) is 18.1. The minimum absolute atomic E-state index is 0.0880. The Balaban J connectivity index is 0.000000342. The molecule has 11 nitrogen and oxygen atoms in total. The number of nitrogens with zero attached hydrogens (tertiary/aromatic N) is 5. The molecule has 45 heavy (non-hydrogen) atoms. The Hall–Kier alpha value is -4.06. The van der Waals surface area contributed by atoms with Crippen molar-refractivity contribution >= 4 is 51.6 Å². The van der Waals surface area contributed by atoms with Gasteiger partial charge in [-0.2, -0.15) is 0 Å². The van der Waals surface area contributed by atoms with Gasteiger partial charge in [0, 0.05) is 49.0 Å². The van der Waals surface area contributed by atoms with E-state index >= 15 is 0 Å². The standard InChI is InChI=1S/C26H30ClN5O3.C6H6ClNO2/c1-15-5-6-16(2)32(15)23-10-22-19(9-21(23)27)25(33)20(26(34)35)14-31(22)17-7-8-24(28-11-17)30-12-18(13-30)29(3)4;1-10-4-2-3-8-6(9)5(4)7/h7-11,14-16,18H,5-6,12-13H2,1-4H3,(H,34,35);2-3H,1H3,(H,8,9)/t15-,16+;. The number of aromatic nitrogens is 3. The zero-order chi connectivity index (χ0) is 32.6. The maximum Gasteiger partial charge on any atom is 0.341 e. The number of pyridine rings is 3. The van der Waals surface area contributed by atoms with Crippen LogP contribution < -0.4 is 25.5 Å². The summed E-state index contributed by atoms with van der Waals surface area (Å²) in [6.45, 7) is 6.17. The van der Waals surface area contributed by atoms with Crippen LogP contribution in [0.25, 0.3) is 16.6 Å². The van der Waals surface area contributed by atoms with Gasteiger partial charge in [-0.25, -0.2) is 9.78 Å². The molecule has 0 aliphatic carbocycles. The van der Waals surface area contributed by atoms with Gasteiger partial charge in [-0.15, -0.1) is 0 Å². The third-order valence-corrected chi connectivity index (χ3v) is 9.21. The van der Waals surface area contributed by atoms with E-state index < -0.39 is 11.4 Å². The van der Waals surface area contributed by atoms with Crippen molar-refractivity contribution in [2.45, 2.75) is 44.8 Å². The van der Waals surface area contributed by atoms with Crippen molar-refractivity contribution in [2.75, 3.05) is 44.1 Å². The number of ether oxygens (including phenoxy) is 1. The van der Waals surface area contributed by atoms with E-state index in [2.05, 4.69) is 52.6 Å². The molecular weight excluding hydrogens is 619 g/mol. The van der Waals surface area contributed by atoms with E-state index in [-0.39, 0.29) is 21.5 Å². The third-order valence-electron chi connectivity index (χ3n) is 8.54. The van der Waals surface area contributed by atoms with Crippen molar-refractivity contribution in [3.63, 3.8) is 0 Å². The molecule has 2 aliphatic rings. The van der Waals surface area contributed by atoms with Crippen molar-refractivity contribution < 1.29 is 14.6 Å². The third kappa shape index (κ3) is 6.38. The second-order valence-corrected chi connectivity index (χ2v) is 12.4. The summed E-state index contributed by atoms with van der Waals surface area (Å²) in [5.41, 5.74) is 0.969. The van der Waals surface area contributed by atoms with E-state index in [1.54, 1.807) is 22.9 Å². The first-order valence-electron chi connectivity index (χ1n) is 14.6. The lowest BCUT2D eigenvalue weighted by molar-refractivity contribution is 0.0695. The summed E-state index contributed by atoms with van der Waals surface area (Å²) in [4.78, 5) is 49.4. The highest BCUT2D eigenvalue weighted by atomic mass is 35.5. The summed E-state index contributed by atoms with van der Waals surface area (Å²) in [5.74, 6) is -0.00273. The fourth-order valence-electron chi connectivity index (χ4n) is 5.84. The number of hydrogen-bond acceptors (Lipinski definition) is 8. The van der Waals surface area contributed by atoms with Crippen LogP contribution in [0.2, 0.25) is 10.0 Å². The molecule has 0 bridgehead atoms. The molecule has 0 radical (unpaired) electrons. The Bertz CT molecular complexity index is 1830. The minimum atomic E-state index is -1.27. The average molecular weight is 656 g/mol. The van der Waals surface area contributed by atoms with Crippen LogP contribution in [0.1, 0.15) is 37.0 Å². The summed E-state index contributed by atoms with van der Waals surface area (Å²) < 4.78 is 6.51. The molecule has 2 N–H and O–H groups in total. The molecule has 5 heterocycles. The molecule has 2 atom stereocenters. The Morgan fingerprint density at radius 2 is 1.78 bits per heavy atom. The number of nitrogens with one attached hydrogen (secondary N) is 1. The van der Waals surface area contributed by atoms with Crippen LogP contribution >= 0.6 is 23.2 Å². The van der Waals surface area contributed by atoms with Crippen molar-refractivity contribution in [1.29, 1.82) is 0 Å². The molecule has 0 saturated carbocycles. The van der Waals surface area contributed by atoms with Gasteiger partial charge in [-0.3, -0.25) is 9.59 Å². The average Bonchev–Trinajstić information content (AvgIpc) is 3.31. The number of halogens is 2. The van der Waals surface area contributed by atoms with E-state index in [4.69, 9.17) is 27.9 Å². The first-order chi connectivity index (χ1) is 21.4. The molecule has 2 saturated heterocycles. The highest BCUT2D eigenvalue weighted by Gasteiger charge is 2.31. The van der Waals surface area contributed by atoms with Gasteiger partial charge in [0.1, 0.15) is 22.2 Å². The van der Waals surface area contributed by atoms with Crippen LogP contribution in [-0.4, -0.2) is 82.9 Å². The number of benzene rings is 1. The molecule has 3 aromatic heterocycles. The summed E-state index contributed by atoms with van der Waals surface area (Å²) in [7, 11) is 5.61. The van der Waals surface area contributed by atoms with Crippen LogP contribution in [0, 0.1) is 0 Å². The lowest BCUT2D eigenvalue weighted by Crippen LogP contribution is -2.57. The molecule has 238 valence electrons. The van der Waals surface area contributed by atoms with Crippen LogP contribution in [0.5, 0.6) is 5.75 Å². The summed E-state index contributed by atoms with van der Waals surface area (Å²) in [5, 5.41) is 10.5. The quantitative estimate of drug-likeness (QED) is 0.299. The van der Waals surface area contributed by atoms with Crippen molar-refractivity contribution in [1.82, 2.24) is 19.4 Å². The molecule has 13 heteroatoms. The van der Waals surface area contributed by atoms with Gasteiger partial charge in [0.15, 0.2) is 0 Å². The highest BCUT2D eigenvalue weighted by molar-refractivity contribution is 6.34. The molecule has 6 rings (SSSR count). The van der Waals surface area contributed by atoms with Crippen LogP contribution in [0.4, 0.5) is 11.5 Å². The van der Waals surface area contributed by atoms with E-state index in [1.165, 1.54) is 19.5 Å². The van der Waals surface area contributed by atoms with Gasteiger partial charge in [-0.05, 0) is 71.1 Å². The molecule has 1 aromatic carbocycles. The number of rotatable bonds is 6. The number of hydrogen-bond donors (Lipinski definition) is 2. The molecule has 0 spiro atoms. The monoisotopic (exact) mass is 654 g/mol. The maximum atomic E-state index is 13.0. The fourth-order valence-corrected chi connectivity index (χ4v) is 6.30. The number of fused-ring (bicyclic) bond motifs is 1. The van der Waals surface area contributed by atoms with E-state index in [0.29, 0.717) is 40.1 Å². The van der Waals surface area contributed by atoms with E-state index in [9.17, 15) is 19.5 Å². The van der Waals surface area contributed by atoms with Gasteiger partial charge < -0.3 is 34.1 Å². The van der Waals surface area contributed by atoms with Crippen molar-refractivity contribution in [2.24, 2.45) is 0 Å². The predicted molar refractivity (Wildman–Crippen MR) is 178 cm³/mol. The number of carboxylic acids is 1. The Morgan fingerprint density at radius 3 is 2.33 bits per heavy atom. The minimum Gasteiger partial charge on any atom is -0.495 e. The first kappa shape index (κ1) is 32.3. The molecule has 0 unspecified atom stereocenters. The van der Waals surface area contributed by atoms with Gasteiger partial charge in [0.2, 0.25) is 5.43 Å². The van der Waals surface area contributed by atoms with Gasteiger partial charge in [-0.1, -0.05) is 23.2 Å². The Morgan fingerprint density at radius 1 is 1.09 bits per heavy atom. The number of H-pyrrole nitrogens is 1. The number of anilines is 2. The molecule has 2 fully saturated rings. The topological polar surface area (TPSA) is 124 Å². The van der Waals surface area contributed by atoms with Crippen LogP contribution in [0.3, 0.4) is 0 Å². The number of methoxy groups -OCH3 is 1. The van der Waals surface area contributed by atoms with Gasteiger partial charge >= 0.3 is 5.97 Å². The molecule has 4 aromatic rings. The van der Waals surface area contributed by atoms with Crippen molar-refractivity contribution in [3.05, 3.63) is 85.1 Å². The predicted octanol–water partition coefficient (Wildman–Crippen LogP) is 4.90. The zero-order valence-electron chi connectivity index (χ0n) is 25.8. The Labute approximate surface area is 270 Å². The molecule has 2 aliphatic heterocycles. The lowest BCUT2D eigenvalue weighted by Gasteiger charge is -2.43. The van der Waals surface area contributed by atoms with Crippen molar-refractivity contribution in [3.8, 4) is 11.4 Å². The largest absolute Gasteiger partial charge is 0.495 e. The maximum absolute atomic E-state index is 13.0. The van der Waals surface area contributed by atoms with Gasteiger partial charge in [0.25, 0.3) is 5.56 Å². The molecular formula is C32H36Cl2N6O5. The second-order valence-electron chi connectivity index (χ2n) is 11.6. The SMILES string of the molecule is COc1cc[nH]c(=O)c1Cl.C[C@@H]1CC[C@H](C)N1c1cc2c(cc1Cl)c(=O)c(C(=O)O)cn2-c1ccc(N2CC(N(C)C)C2)nc1. The van der Waals surface area contributed by atoms with E-state index in [0.717, 1.165) is 37.4 Å². The smallest absolute Gasteiger partial charge is 0.341 e. The molecule has 0 amide bonds. The number of aromatic amines is 1. The zero-order valence-corrected chi connectivity index (χ0v) is 27.3.